The summed E-state index contributed by atoms with van der Waals surface area (Å²) in [5.41, 5.74) is 4.32. The molecule has 1 fully saturated rings. The Morgan fingerprint density at radius 2 is 1.68 bits per heavy atom. The molecule has 34 heavy (non-hydrogen) atoms. The summed E-state index contributed by atoms with van der Waals surface area (Å²) in [6, 6.07) is 19.9. The van der Waals surface area contributed by atoms with Crippen molar-refractivity contribution in [3.8, 4) is 5.75 Å². The van der Waals surface area contributed by atoms with Gasteiger partial charge in [-0.3, -0.25) is 14.7 Å². The third-order valence-electron chi connectivity index (χ3n) is 6.40. The summed E-state index contributed by atoms with van der Waals surface area (Å²) in [6.45, 7) is 4.87. The van der Waals surface area contributed by atoms with E-state index < -0.39 is 0 Å². The summed E-state index contributed by atoms with van der Waals surface area (Å²) in [4.78, 5) is 26.8. The van der Waals surface area contributed by atoms with E-state index in [1.165, 1.54) is 5.56 Å². The fourth-order valence-corrected chi connectivity index (χ4v) is 4.51. The summed E-state index contributed by atoms with van der Waals surface area (Å²) < 4.78 is 0. The summed E-state index contributed by atoms with van der Waals surface area (Å²) in [7, 11) is 2.15. The Labute approximate surface area is 199 Å². The van der Waals surface area contributed by atoms with Crippen LogP contribution in [0.1, 0.15) is 32.7 Å². The molecule has 0 aliphatic carbocycles. The van der Waals surface area contributed by atoms with Crippen LogP contribution in [0.4, 0.5) is 0 Å². The fourth-order valence-electron chi connectivity index (χ4n) is 4.51. The standard InChI is InChI=1S/C28H28N4O2/c1-31-10-12-32(13-11-31)19-22-15-21(14-20-6-3-2-4-7-20)16-24(17-22)27(33)26-28(34)25-23(18-30-26)8-5-9-29-25/h2-9,15-18,34H,10-14,19H2,1H3. The maximum absolute atomic E-state index is 13.5. The number of pyridine rings is 2. The molecule has 4 aromatic rings. The molecule has 1 saturated heterocycles. The van der Waals surface area contributed by atoms with Crippen molar-refractivity contribution < 1.29 is 9.90 Å². The third kappa shape index (κ3) is 4.83. The van der Waals surface area contributed by atoms with Crippen LogP contribution in [-0.2, 0) is 13.0 Å². The van der Waals surface area contributed by atoms with Gasteiger partial charge in [-0.25, -0.2) is 4.98 Å². The van der Waals surface area contributed by atoms with Gasteiger partial charge in [0.2, 0.25) is 5.78 Å². The van der Waals surface area contributed by atoms with E-state index in [1.54, 1.807) is 18.5 Å². The second-order valence-corrected chi connectivity index (χ2v) is 9.01. The number of likely N-dealkylation sites (N-methyl/N-ethyl adjacent to an activating group) is 1. The number of nitrogens with zero attached hydrogens (tertiary/aromatic N) is 4. The van der Waals surface area contributed by atoms with Crippen LogP contribution in [0.2, 0.25) is 0 Å². The van der Waals surface area contributed by atoms with E-state index in [0.29, 0.717) is 16.5 Å². The quantitative estimate of drug-likeness (QED) is 0.448. The van der Waals surface area contributed by atoms with Crippen LogP contribution in [0.15, 0.2) is 73.1 Å². The Morgan fingerprint density at radius 3 is 2.47 bits per heavy atom. The van der Waals surface area contributed by atoms with E-state index >= 15 is 0 Å². The molecule has 6 heteroatoms. The minimum atomic E-state index is -0.292. The molecular formula is C28H28N4O2. The SMILES string of the molecule is CN1CCN(Cc2cc(Cc3ccccc3)cc(C(=O)c3ncc4cccnc4c3O)c2)CC1. The molecule has 0 unspecified atom stereocenters. The number of carbonyl (C=O) groups excluding carboxylic acids is 1. The third-order valence-corrected chi connectivity index (χ3v) is 6.40. The highest BCUT2D eigenvalue weighted by Gasteiger charge is 2.21. The van der Waals surface area contributed by atoms with Crippen molar-refractivity contribution in [2.24, 2.45) is 0 Å². The molecule has 0 radical (unpaired) electrons. The number of rotatable bonds is 6. The summed E-state index contributed by atoms with van der Waals surface area (Å²) in [5, 5.41) is 11.5. The first-order valence-electron chi connectivity index (χ1n) is 11.6. The molecule has 2 aromatic heterocycles. The lowest BCUT2D eigenvalue weighted by molar-refractivity contribution is 0.103. The molecular weight excluding hydrogens is 424 g/mol. The van der Waals surface area contributed by atoms with Gasteiger partial charge in [-0.05, 0) is 54.4 Å². The second kappa shape index (κ2) is 9.71. The average Bonchev–Trinajstić information content (AvgIpc) is 2.86. The number of ketones is 1. The number of aromatic nitrogens is 2. The van der Waals surface area contributed by atoms with Crippen molar-refractivity contribution in [2.45, 2.75) is 13.0 Å². The van der Waals surface area contributed by atoms with Crippen LogP contribution < -0.4 is 0 Å². The average molecular weight is 453 g/mol. The zero-order valence-corrected chi connectivity index (χ0v) is 19.3. The Morgan fingerprint density at radius 1 is 0.912 bits per heavy atom. The van der Waals surface area contributed by atoms with Crippen molar-refractivity contribution in [2.75, 3.05) is 33.2 Å². The molecule has 1 aliphatic heterocycles. The molecule has 0 bridgehead atoms. The predicted octanol–water partition coefficient (Wildman–Crippen LogP) is 3.90. The Bertz CT molecular complexity index is 1310. The maximum Gasteiger partial charge on any atom is 0.215 e. The molecule has 6 nitrogen and oxygen atoms in total. The second-order valence-electron chi connectivity index (χ2n) is 9.01. The van der Waals surface area contributed by atoms with Gasteiger partial charge in [-0.2, -0.15) is 0 Å². The molecule has 0 spiro atoms. The Balaban J connectivity index is 1.50. The van der Waals surface area contributed by atoms with E-state index in [-0.39, 0.29) is 17.2 Å². The van der Waals surface area contributed by atoms with Crippen molar-refractivity contribution in [1.29, 1.82) is 0 Å². The van der Waals surface area contributed by atoms with Crippen LogP contribution in [0.25, 0.3) is 10.9 Å². The van der Waals surface area contributed by atoms with E-state index in [9.17, 15) is 9.90 Å². The van der Waals surface area contributed by atoms with Crippen LogP contribution >= 0.6 is 0 Å². The highest BCUT2D eigenvalue weighted by Crippen LogP contribution is 2.27. The summed E-state index contributed by atoms with van der Waals surface area (Å²) >= 11 is 0. The van der Waals surface area contributed by atoms with E-state index in [4.69, 9.17) is 0 Å². The molecule has 172 valence electrons. The molecule has 0 saturated carbocycles. The first kappa shape index (κ1) is 22.2. The van der Waals surface area contributed by atoms with Crippen LogP contribution in [-0.4, -0.2) is 63.9 Å². The predicted molar refractivity (Wildman–Crippen MR) is 133 cm³/mol. The van der Waals surface area contributed by atoms with E-state index in [1.807, 2.05) is 36.4 Å². The fraction of sp³-hybridized carbons (Fsp3) is 0.250. The zero-order valence-electron chi connectivity index (χ0n) is 19.3. The topological polar surface area (TPSA) is 69.6 Å². The van der Waals surface area contributed by atoms with Crippen LogP contribution in [0.3, 0.4) is 0 Å². The number of benzene rings is 2. The smallest absolute Gasteiger partial charge is 0.215 e. The lowest BCUT2D eigenvalue weighted by Crippen LogP contribution is -2.43. The summed E-state index contributed by atoms with van der Waals surface area (Å²) in [6.07, 6.45) is 3.93. The number of fused-ring (bicyclic) bond motifs is 1. The summed E-state index contributed by atoms with van der Waals surface area (Å²) in [5.74, 6) is -0.461. The van der Waals surface area contributed by atoms with Crippen LogP contribution in [0.5, 0.6) is 5.75 Å². The number of piperazine rings is 1. The van der Waals surface area contributed by atoms with Gasteiger partial charge in [0.25, 0.3) is 0 Å². The number of hydrogen-bond donors (Lipinski definition) is 1. The number of aromatic hydroxyl groups is 1. The zero-order chi connectivity index (χ0) is 23.5. The number of hydrogen-bond acceptors (Lipinski definition) is 6. The van der Waals surface area contributed by atoms with Crippen molar-refractivity contribution in [3.63, 3.8) is 0 Å². The van der Waals surface area contributed by atoms with Crippen molar-refractivity contribution >= 4 is 16.7 Å². The van der Waals surface area contributed by atoms with E-state index in [0.717, 1.165) is 50.3 Å². The van der Waals surface area contributed by atoms with Gasteiger partial charge in [0.05, 0.1) is 0 Å². The first-order valence-corrected chi connectivity index (χ1v) is 11.6. The molecule has 0 atom stereocenters. The lowest BCUT2D eigenvalue weighted by atomic mass is 9.96. The highest BCUT2D eigenvalue weighted by molar-refractivity contribution is 6.11. The Hall–Kier alpha value is -3.61. The van der Waals surface area contributed by atoms with Gasteiger partial charge in [-0.15, -0.1) is 0 Å². The lowest BCUT2D eigenvalue weighted by Gasteiger charge is -2.32. The monoisotopic (exact) mass is 452 g/mol. The van der Waals surface area contributed by atoms with Crippen LogP contribution in [0, 0.1) is 0 Å². The largest absolute Gasteiger partial charge is 0.504 e. The van der Waals surface area contributed by atoms with Crippen molar-refractivity contribution in [1.82, 2.24) is 19.8 Å². The molecule has 0 amide bonds. The molecule has 1 aliphatic rings. The van der Waals surface area contributed by atoms with Gasteiger partial charge in [0.1, 0.15) is 5.52 Å². The van der Waals surface area contributed by atoms with Gasteiger partial charge in [-0.1, -0.05) is 36.4 Å². The molecule has 1 N–H and O–H groups in total. The molecule has 3 heterocycles. The number of carbonyl (C=O) groups is 1. The molecule has 5 rings (SSSR count). The van der Waals surface area contributed by atoms with Gasteiger partial charge in [0.15, 0.2) is 11.4 Å². The van der Waals surface area contributed by atoms with Crippen molar-refractivity contribution in [3.05, 3.63) is 101 Å². The minimum absolute atomic E-state index is 0.0357. The van der Waals surface area contributed by atoms with Gasteiger partial charge >= 0.3 is 0 Å². The van der Waals surface area contributed by atoms with Gasteiger partial charge < -0.3 is 10.0 Å². The maximum atomic E-state index is 13.5. The first-order chi connectivity index (χ1) is 16.6. The van der Waals surface area contributed by atoms with Gasteiger partial charge in [0, 0.05) is 56.1 Å². The normalized spacial score (nSPS) is 15.0. The van der Waals surface area contributed by atoms with E-state index in [2.05, 4.69) is 45.0 Å². The minimum Gasteiger partial charge on any atom is -0.504 e. The highest BCUT2D eigenvalue weighted by atomic mass is 16.3. The Kier molecular flexibility index (Phi) is 6.34. The molecule has 2 aromatic carbocycles.